The number of aromatic nitrogens is 1. The first-order valence-electron chi connectivity index (χ1n) is 7.07. The summed E-state index contributed by atoms with van der Waals surface area (Å²) in [5.74, 6) is 0.806. The lowest BCUT2D eigenvalue weighted by Gasteiger charge is -2.21. The average molecular weight is 284 g/mol. The van der Waals surface area contributed by atoms with E-state index in [9.17, 15) is 4.79 Å². The standard InChI is InChI=1S/C17H20N2O2/c1-3-19(13-10-14-8-11-18-12-9-14)17(20)15-4-6-16(21-2)7-5-15/h4-9,11-12H,3,10,13H2,1-2H3. The van der Waals surface area contributed by atoms with Gasteiger partial charge < -0.3 is 9.64 Å². The Morgan fingerprint density at radius 1 is 1.14 bits per heavy atom. The van der Waals surface area contributed by atoms with Crippen LogP contribution in [0.1, 0.15) is 22.8 Å². The Kier molecular flexibility index (Phi) is 5.32. The highest BCUT2D eigenvalue weighted by molar-refractivity contribution is 5.94. The molecule has 0 N–H and O–H groups in total. The SMILES string of the molecule is CCN(CCc1ccncc1)C(=O)c1ccc(OC)cc1. The summed E-state index contributed by atoms with van der Waals surface area (Å²) in [6.07, 6.45) is 4.38. The van der Waals surface area contributed by atoms with Crippen molar-refractivity contribution in [3.63, 3.8) is 0 Å². The highest BCUT2D eigenvalue weighted by Crippen LogP contribution is 2.13. The first-order chi connectivity index (χ1) is 10.2. The fourth-order valence-electron chi connectivity index (χ4n) is 2.13. The molecular formula is C17H20N2O2. The van der Waals surface area contributed by atoms with Gasteiger partial charge in [0.05, 0.1) is 7.11 Å². The van der Waals surface area contributed by atoms with Crippen molar-refractivity contribution >= 4 is 5.91 Å². The van der Waals surface area contributed by atoms with E-state index in [1.54, 1.807) is 31.6 Å². The normalized spacial score (nSPS) is 10.2. The maximum Gasteiger partial charge on any atom is 0.253 e. The summed E-state index contributed by atoms with van der Waals surface area (Å²) in [4.78, 5) is 18.3. The Morgan fingerprint density at radius 3 is 2.38 bits per heavy atom. The lowest BCUT2D eigenvalue weighted by molar-refractivity contribution is 0.0766. The van der Waals surface area contributed by atoms with Gasteiger partial charge in [0.2, 0.25) is 0 Å². The average Bonchev–Trinajstić information content (AvgIpc) is 2.56. The van der Waals surface area contributed by atoms with E-state index in [0.29, 0.717) is 18.7 Å². The van der Waals surface area contributed by atoms with Gasteiger partial charge in [0.15, 0.2) is 0 Å². The molecule has 0 saturated carbocycles. The van der Waals surface area contributed by atoms with E-state index in [4.69, 9.17) is 4.74 Å². The predicted octanol–water partition coefficient (Wildman–Crippen LogP) is 2.80. The Balaban J connectivity index is 2.00. The Labute approximate surface area is 125 Å². The molecule has 110 valence electrons. The molecule has 4 nitrogen and oxygen atoms in total. The van der Waals surface area contributed by atoms with Gasteiger partial charge in [-0.25, -0.2) is 0 Å². The minimum Gasteiger partial charge on any atom is -0.497 e. The van der Waals surface area contributed by atoms with Crippen LogP contribution in [-0.2, 0) is 6.42 Å². The maximum absolute atomic E-state index is 12.5. The Morgan fingerprint density at radius 2 is 1.81 bits per heavy atom. The number of pyridine rings is 1. The number of carbonyl (C=O) groups excluding carboxylic acids is 1. The third kappa shape index (κ3) is 4.05. The monoisotopic (exact) mass is 284 g/mol. The molecule has 1 aromatic heterocycles. The molecule has 2 rings (SSSR count). The largest absolute Gasteiger partial charge is 0.497 e. The van der Waals surface area contributed by atoms with Crippen LogP contribution in [-0.4, -0.2) is 36.0 Å². The van der Waals surface area contributed by atoms with Crippen LogP contribution in [0.2, 0.25) is 0 Å². The van der Waals surface area contributed by atoms with Gasteiger partial charge in [-0.1, -0.05) is 0 Å². The topological polar surface area (TPSA) is 42.4 Å². The second-order valence-electron chi connectivity index (χ2n) is 4.72. The smallest absolute Gasteiger partial charge is 0.253 e. The summed E-state index contributed by atoms with van der Waals surface area (Å²) in [6, 6.07) is 11.2. The summed E-state index contributed by atoms with van der Waals surface area (Å²) < 4.78 is 5.11. The van der Waals surface area contributed by atoms with E-state index >= 15 is 0 Å². The first kappa shape index (κ1) is 15.0. The highest BCUT2D eigenvalue weighted by Gasteiger charge is 2.13. The van der Waals surface area contributed by atoms with Crippen LogP contribution in [0.15, 0.2) is 48.8 Å². The molecule has 0 spiro atoms. The first-order valence-corrected chi connectivity index (χ1v) is 7.07. The number of ether oxygens (including phenoxy) is 1. The zero-order valence-corrected chi connectivity index (χ0v) is 12.5. The van der Waals surface area contributed by atoms with E-state index < -0.39 is 0 Å². The molecular weight excluding hydrogens is 264 g/mol. The molecule has 1 aromatic carbocycles. The lowest BCUT2D eigenvalue weighted by Crippen LogP contribution is -2.32. The summed E-state index contributed by atoms with van der Waals surface area (Å²) >= 11 is 0. The molecule has 0 aliphatic heterocycles. The van der Waals surface area contributed by atoms with Crippen LogP contribution < -0.4 is 4.74 Å². The van der Waals surface area contributed by atoms with Gasteiger partial charge in [0, 0.05) is 31.0 Å². The molecule has 1 heterocycles. The zero-order valence-electron chi connectivity index (χ0n) is 12.5. The van der Waals surface area contributed by atoms with Crippen molar-refractivity contribution in [1.82, 2.24) is 9.88 Å². The molecule has 4 heteroatoms. The Bertz CT molecular complexity index is 567. The van der Waals surface area contributed by atoms with E-state index in [-0.39, 0.29) is 5.91 Å². The van der Waals surface area contributed by atoms with Crippen LogP contribution in [0, 0.1) is 0 Å². The molecule has 0 atom stereocenters. The molecule has 1 amide bonds. The number of carbonyl (C=O) groups is 1. The predicted molar refractivity (Wildman–Crippen MR) is 82.5 cm³/mol. The van der Waals surface area contributed by atoms with Crippen molar-refractivity contribution < 1.29 is 9.53 Å². The fourth-order valence-corrected chi connectivity index (χ4v) is 2.13. The number of methoxy groups -OCH3 is 1. The van der Waals surface area contributed by atoms with E-state index in [1.807, 2.05) is 36.1 Å². The minimum absolute atomic E-state index is 0.0502. The van der Waals surface area contributed by atoms with Crippen molar-refractivity contribution in [2.45, 2.75) is 13.3 Å². The van der Waals surface area contributed by atoms with Gasteiger partial charge in [-0.15, -0.1) is 0 Å². The van der Waals surface area contributed by atoms with E-state index in [1.165, 1.54) is 5.56 Å². The molecule has 0 saturated heterocycles. The molecule has 21 heavy (non-hydrogen) atoms. The lowest BCUT2D eigenvalue weighted by atomic mass is 10.1. The molecule has 0 radical (unpaired) electrons. The Hall–Kier alpha value is -2.36. The molecule has 0 fully saturated rings. The number of benzene rings is 1. The van der Waals surface area contributed by atoms with Crippen LogP contribution in [0.3, 0.4) is 0 Å². The van der Waals surface area contributed by atoms with Crippen LogP contribution in [0.25, 0.3) is 0 Å². The van der Waals surface area contributed by atoms with Gasteiger partial charge in [0.25, 0.3) is 5.91 Å². The summed E-state index contributed by atoms with van der Waals surface area (Å²) in [6.45, 7) is 3.38. The zero-order chi connectivity index (χ0) is 15.1. The number of hydrogen-bond donors (Lipinski definition) is 0. The van der Waals surface area contributed by atoms with Crippen molar-refractivity contribution in [2.24, 2.45) is 0 Å². The van der Waals surface area contributed by atoms with Crippen molar-refractivity contribution in [2.75, 3.05) is 20.2 Å². The minimum atomic E-state index is 0.0502. The van der Waals surface area contributed by atoms with Crippen LogP contribution >= 0.6 is 0 Å². The third-order valence-corrected chi connectivity index (χ3v) is 3.43. The third-order valence-electron chi connectivity index (χ3n) is 3.43. The molecule has 2 aromatic rings. The molecule has 0 aliphatic rings. The van der Waals surface area contributed by atoms with Gasteiger partial charge in [-0.05, 0) is 55.3 Å². The summed E-state index contributed by atoms with van der Waals surface area (Å²) in [5.41, 5.74) is 1.87. The summed E-state index contributed by atoms with van der Waals surface area (Å²) in [5, 5.41) is 0. The van der Waals surface area contributed by atoms with Crippen molar-refractivity contribution in [3.05, 3.63) is 59.9 Å². The number of amides is 1. The van der Waals surface area contributed by atoms with Gasteiger partial charge in [-0.3, -0.25) is 9.78 Å². The van der Waals surface area contributed by atoms with E-state index in [2.05, 4.69) is 4.98 Å². The quantitative estimate of drug-likeness (QED) is 0.819. The van der Waals surface area contributed by atoms with Crippen LogP contribution in [0.4, 0.5) is 0 Å². The highest BCUT2D eigenvalue weighted by atomic mass is 16.5. The van der Waals surface area contributed by atoms with Crippen molar-refractivity contribution in [3.8, 4) is 5.75 Å². The molecule has 0 aliphatic carbocycles. The maximum atomic E-state index is 12.5. The second-order valence-corrected chi connectivity index (χ2v) is 4.72. The van der Waals surface area contributed by atoms with E-state index in [0.717, 1.165) is 12.2 Å². The number of likely N-dealkylation sites (N-methyl/N-ethyl adjacent to an activating group) is 1. The number of rotatable bonds is 6. The van der Waals surface area contributed by atoms with Crippen LogP contribution in [0.5, 0.6) is 5.75 Å². The molecule has 0 unspecified atom stereocenters. The van der Waals surface area contributed by atoms with Crippen molar-refractivity contribution in [1.29, 1.82) is 0 Å². The number of hydrogen-bond acceptors (Lipinski definition) is 3. The second kappa shape index (κ2) is 7.43. The van der Waals surface area contributed by atoms with Gasteiger partial charge >= 0.3 is 0 Å². The summed E-state index contributed by atoms with van der Waals surface area (Å²) in [7, 11) is 1.61. The van der Waals surface area contributed by atoms with Gasteiger partial charge in [0.1, 0.15) is 5.75 Å². The fraction of sp³-hybridized carbons (Fsp3) is 0.294. The number of nitrogens with zero attached hydrogens (tertiary/aromatic N) is 2. The molecule has 0 bridgehead atoms. The van der Waals surface area contributed by atoms with Gasteiger partial charge in [-0.2, -0.15) is 0 Å².